The Morgan fingerprint density at radius 2 is 2.00 bits per heavy atom. The summed E-state index contributed by atoms with van der Waals surface area (Å²) in [6.07, 6.45) is 2.12. The Morgan fingerprint density at radius 1 is 1.27 bits per heavy atom. The smallest absolute Gasteiger partial charge is 0.00780 e. The number of hydrogen-bond donors (Lipinski definition) is 0. The molecule has 1 aromatic rings. The van der Waals surface area contributed by atoms with Gasteiger partial charge in [-0.15, -0.1) is 11.8 Å². The van der Waals surface area contributed by atoms with Gasteiger partial charge in [0.1, 0.15) is 0 Å². The molecule has 11 heavy (non-hydrogen) atoms. The monoisotopic (exact) mass is 184 g/mol. The van der Waals surface area contributed by atoms with Crippen molar-refractivity contribution in [1.29, 1.82) is 0 Å². The zero-order valence-corrected chi connectivity index (χ0v) is 8.96. The molecule has 0 saturated heterocycles. The SMILES string of the molecule is CPc1cc(C)cc(SC)c1. The highest BCUT2D eigenvalue weighted by Crippen LogP contribution is 2.17. The van der Waals surface area contributed by atoms with Gasteiger partial charge in [0.25, 0.3) is 0 Å². The van der Waals surface area contributed by atoms with Gasteiger partial charge < -0.3 is 0 Å². The van der Waals surface area contributed by atoms with Crippen LogP contribution in [0.2, 0.25) is 0 Å². The molecule has 0 aliphatic heterocycles. The summed E-state index contributed by atoms with van der Waals surface area (Å²) in [5.74, 6) is 0. The van der Waals surface area contributed by atoms with Gasteiger partial charge in [0.05, 0.1) is 0 Å². The molecule has 1 atom stereocenters. The van der Waals surface area contributed by atoms with Crippen LogP contribution >= 0.6 is 20.3 Å². The van der Waals surface area contributed by atoms with Crippen molar-refractivity contribution in [3.8, 4) is 0 Å². The Morgan fingerprint density at radius 3 is 2.55 bits per heavy atom. The summed E-state index contributed by atoms with van der Waals surface area (Å²) in [5, 5.41) is 1.47. The van der Waals surface area contributed by atoms with Gasteiger partial charge in [-0.2, -0.15) is 0 Å². The van der Waals surface area contributed by atoms with Crippen molar-refractivity contribution >= 4 is 25.6 Å². The molecule has 0 aliphatic rings. The molecule has 1 rings (SSSR count). The summed E-state index contributed by atoms with van der Waals surface area (Å²) in [4.78, 5) is 1.38. The molecular formula is C9H13PS. The summed E-state index contributed by atoms with van der Waals surface area (Å²) in [6.45, 7) is 4.38. The average Bonchev–Trinajstić information content (AvgIpc) is 2.03. The second-order valence-corrected chi connectivity index (χ2v) is 4.45. The second kappa shape index (κ2) is 4.13. The number of aryl methyl sites for hydroxylation is 1. The Kier molecular flexibility index (Phi) is 3.42. The van der Waals surface area contributed by atoms with Crippen LogP contribution in [0.4, 0.5) is 0 Å². The molecule has 1 unspecified atom stereocenters. The van der Waals surface area contributed by atoms with Crippen molar-refractivity contribution in [2.75, 3.05) is 12.9 Å². The molecule has 0 radical (unpaired) electrons. The van der Waals surface area contributed by atoms with E-state index in [9.17, 15) is 0 Å². The van der Waals surface area contributed by atoms with Crippen LogP contribution in [0.25, 0.3) is 0 Å². The number of hydrogen-bond acceptors (Lipinski definition) is 1. The minimum atomic E-state index is 0.912. The lowest BCUT2D eigenvalue weighted by Gasteiger charge is -2.02. The van der Waals surface area contributed by atoms with Crippen molar-refractivity contribution < 1.29 is 0 Å². The lowest BCUT2D eigenvalue weighted by atomic mass is 10.2. The van der Waals surface area contributed by atoms with E-state index < -0.39 is 0 Å². The maximum atomic E-state index is 2.27. The van der Waals surface area contributed by atoms with Crippen molar-refractivity contribution in [1.82, 2.24) is 0 Å². The van der Waals surface area contributed by atoms with Gasteiger partial charge in [-0.05, 0) is 42.8 Å². The Labute approximate surface area is 74.6 Å². The highest BCUT2D eigenvalue weighted by molar-refractivity contribution is 7.98. The average molecular weight is 184 g/mol. The largest absolute Gasteiger partial charge is 0.130 e. The van der Waals surface area contributed by atoms with Crippen LogP contribution in [0.15, 0.2) is 23.1 Å². The summed E-state index contributed by atoms with van der Waals surface area (Å²) in [5.41, 5.74) is 1.38. The van der Waals surface area contributed by atoms with E-state index in [1.165, 1.54) is 15.8 Å². The molecule has 0 fully saturated rings. The minimum absolute atomic E-state index is 0.912. The molecule has 0 nitrogen and oxygen atoms in total. The molecule has 60 valence electrons. The first-order valence-electron chi connectivity index (χ1n) is 3.59. The zero-order valence-electron chi connectivity index (χ0n) is 7.14. The fourth-order valence-electron chi connectivity index (χ4n) is 1.01. The Balaban J connectivity index is 3.02. The fourth-order valence-corrected chi connectivity index (χ4v) is 2.34. The van der Waals surface area contributed by atoms with Gasteiger partial charge in [-0.25, -0.2) is 0 Å². The third-order valence-electron chi connectivity index (χ3n) is 1.58. The molecule has 0 heterocycles. The second-order valence-electron chi connectivity index (χ2n) is 2.49. The van der Waals surface area contributed by atoms with Crippen LogP contribution < -0.4 is 5.30 Å². The Bertz CT molecular complexity index is 223. The molecule has 1 aromatic carbocycles. The molecule has 0 N–H and O–H groups in total. The molecule has 0 bridgehead atoms. The van der Waals surface area contributed by atoms with E-state index in [0.29, 0.717) is 0 Å². The molecule has 0 amide bonds. The van der Waals surface area contributed by atoms with E-state index in [4.69, 9.17) is 0 Å². The molecule has 0 spiro atoms. The third kappa shape index (κ3) is 2.50. The van der Waals surface area contributed by atoms with E-state index in [2.05, 4.69) is 38.0 Å². The minimum Gasteiger partial charge on any atom is -0.130 e. The van der Waals surface area contributed by atoms with Crippen molar-refractivity contribution in [2.45, 2.75) is 11.8 Å². The van der Waals surface area contributed by atoms with Crippen molar-refractivity contribution in [2.24, 2.45) is 0 Å². The molecule has 0 aromatic heterocycles. The fraction of sp³-hybridized carbons (Fsp3) is 0.333. The van der Waals surface area contributed by atoms with E-state index in [1.807, 2.05) is 11.8 Å². The van der Waals surface area contributed by atoms with Gasteiger partial charge in [-0.3, -0.25) is 0 Å². The van der Waals surface area contributed by atoms with Gasteiger partial charge in [0, 0.05) is 4.90 Å². The van der Waals surface area contributed by atoms with Gasteiger partial charge in [0.2, 0.25) is 0 Å². The lowest BCUT2D eigenvalue weighted by molar-refractivity contribution is 1.39. The van der Waals surface area contributed by atoms with Gasteiger partial charge >= 0.3 is 0 Å². The number of benzene rings is 1. The quantitative estimate of drug-likeness (QED) is 0.503. The predicted molar refractivity (Wildman–Crippen MR) is 56.8 cm³/mol. The molecule has 2 heteroatoms. The maximum Gasteiger partial charge on any atom is 0.00780 e. The zero-order chi connectivity index (χ0) is 8.27. The van der Waals surface area contributed by atoms with Crippen molar-refractivity contribution in [3.63, 3.8) is 0 Å². The van der Waals surface area contributed by atoms with Crippen LogP contribution in [0.3, 0.4) is 0 Å². The summed E-state index contributed by atoms with van der Waals surface area (Å²) < 4.78 is 0. The number of rotatable bonds is 2. The maximum absolute atomic E-state index is 2.27. The Hall–Kier alpha value is -0.0000000000000000555. The van der Waals surface area contributed by atoms with E-state index in [1.54, 1.807) is 0 Å². The highest BCUT2D eigenvalue weighted by atomic mass is 32.2. The van der Waals surface area contributed by atoms with Crippen LogP contribution in [-0.2, 0) is 0 Å². The van der Waals surface area contributed by atoms with E-state index >= 15 is 0 Å². The van der Waals surface area contributed by atoms with Crippen LogP contribution in [0.1, 0.15) is 5.56 Å². The van der Waals surface area contributed by atoms with Gasteiger partial charge in [0.15, 0.2) is 0 Å². The summed E-state index contributed by atoms with van der Waals surface area (Å²) >= 11 is 1.82. The lowest BCUT2D eigenvalue weighted by Crippen LogP contribution is -1.94. The van der Waals surface area contributed by atoms with E-state index in [0.717, 1.165) is 8.58 Å². The van der Waals surface area contributed by atoms with E-state index in [-0.39, 0.29) is 0 Å². The van der Waals surface area contributed by atoms with Gasteiger partial charge in [-0.1, -0.05) is 14.6 Å². The molecular weight excluding hydrogens is 171 g/mol. The summed E-state index contributed by atoms with van der Waals surface area (Å²) in [6, 6.07) is 6.77. The first kappa shape index (κ1) is 9.09. The summed E-state index contributed by atoms with van der Waals surface area (Å²) in [7, 11) is 0.912. The van der Waals surface area contributed by atoms with Crippen molar-refractivity contribution in [3.05, 3.63) is 23.8 Å². The first-order valence-corrected chi connectivity index (χ1v) is 6.32. The topological polar surface area (TPSA) is 0 Å². The highest BCUT2D eigenvalue weighted by Gasteiger charge is 1.94. The molecule has 0 aliphatic carbocycles. The first-order chi connectivity index (χ1) is 5.26. The van der Waals surface area contributed by atoms with Crippen LogP contribution in [0.5, 0.6) is 0 Å². The standard InChI is InChI=1S/C9H13PS/c1-7-4-8(10-2)6-9(5-7)11-3/h4-6,10H,1-3H3. The van der Waals surface area contributed by atoms with Crippen LogP contribution in [-0.4, -0.2) is 12.9 Å². The number of thioether (sulfide) groups is 1. The molecule has 0 saturated carbocycles. The van der Waals surface area contributed by atoms with Crippen LogP contribution in [0, 0.1) is 6.92 Å². The predicted octanol–water partition coefficient (Wildman–Crippen LogP) is 2.65. The third-order valence-corrected chi connectivity index (χ3v) is 3.15. The normalized spacial score (nSPS) is 11.2.